The molecule has 126 valence electrons. The molecule has 0 spiro atoms. The number of hydrogen-bond donors (Lipinski definition) is 1. The average molecular weight is 353 g/mol. The van der Waals surface area contributed by atoms with Crippen molar-refractivity contribution >= 4 is 21.2 Å². The summed E-state index contributed by atoms with van der Waals surface area (Å²) in [7, 11) is -4.66. The highest BCUT2D eigenvalue weighted by Crippen LogP contribution is 2.28. The molecule has 1 unspecified atom stereocenters. The molecule has 22 heavy (non-hydrogen) atoms. The van der Waals surface area contributed by atoms with E-state index in [0.29, 0.717) is 5.56 Å². The van der Waals surface area contributed by atoms with Crippen LogP contribution < -0.4 is 4.72 Å². The minimum atomic E-state index is -4.66. The summed E-state index contributed by atoms with van der Waals surface area (Å²) in [6.45, 7) is 8.58. The first kappa shape index (κ1) is 19.3. The summed E-state index contributed by atoms with van der Waals surface area (Å²) in [5, 5.41) is 0. The molecule has 0 heterocycles. The smallest absolute Gasteiger partial charge is 0.341 e. The molecular weight excluding hydrogens is 332 g/mol. The Hall–Kier alpha value is -0.700. The number of nitrogens with one attached hydrogen (secondary N) is 1. The SMILES string of the molecule is Cc1c([C@@H](C)N[S+]([O-])C(C)(C)C)cccc1S(=O)(=O)C(F)F. The highest BCUT2D eigenvalue weighted by atomic mass is 32.2. The highest BCUT2D eigenvalue weighted by molar-refractivity contribution is 7.91. The lowest BCUT2D eigenvalue weighted by molar-refractivity contribution is 0.234. The molecule has 8 heteroatoms. The second kappa shape index (κ2) is 6.82. The van der Waals surface area contributed by atoms with E-state index in [1.807, 2.05) is 0 Å². The van der Waals surface area contributed by atoms with Gasteiger partial charge in [0.1, 0.15) is 4.75 Å². The summed E-state index contributed by atoms with van der Waals surface area (Å²) in [5.74, 6) is -3.46. The van der Waals surface area contributed by atoms with Gasteiger partial charge in [-0.05, 0) is 51.8 Å². The van der Waals surface area contributed by atoms with E-state index in [1.165, 1.54) is 13.0 Å². The standard InChI is InChI=1S/C14H21F2NO3S2/c1-9-11(10(2)17-21(18)14(3,4)5)7-6-8-12(9)22(19,20)13(15)16/h6-8,10,13,17H,1-5H3/t10-,21?/m1/s1. The van der Waals surface area contributed by atoms with Crippen LogP contribution in [0.15, 0.2) is 23.1 Å². The van der Waals surface area contributed by atoms with Crippen molar-refractivity contribution < 1.29 is 21.8 Å². The van der Waals surface area contributed by atoms with Crippen molar-refractivity contribution in [2.75, 3.05) is 0 Å². The zero-order chi connectivity index (χ0) is 17.3. The molecule has 0 aliphatic carbocycles. The molecule has 0 aliphatic rings. The van der Waals surface area contributed by atoms with Gasteiger partial charge in [0.05, 0.1) is 10.9 Å². The van der Waals surface area contributed by atoms with Gasteiger partial charge in [0, 0.05) is 11.4 Å². The Bertz CT molecular complexity index is 627. The van der Waals surface area contributed by atoms with Gasteiger partial charge in [0.15, 0.2) is 0 Å². The topological polar surface area (TPSA) is 69.2 Å². The zero-order valence-corrected chi connectivity index (χ0v) is 14.8. The predicted octanol–water partition coefficient (Wildman–Crippen LogP) is 3.10. The van der Waals surface area contributed by atoms with Crippen LogP contribution in [0.3, 0.4) is 0 Å². The van der Waals surface area contributed by atoms with Gasteiger partial charge in [-0.1, -0.05) is 12.1 Å². The van der Waals surface area contributed by atoms with E-state index in [0.717, 1.165) is 6.07 Å². The van der Waals surface area contributed by atoms with Crippen LogP contribution in [0.25, 0.3) is 0 Å². The van der Waals surface area contributed by atoms with Gasteiger partial charge in [-0.25, -0.2) is 8.42 Å². The molecule has 1 rings (SSSR count). The third-order valence-electron chi connectivity index (χ3n) is 3.17. The third kappa shape index (κ3) is 4.18. The van der Waals surface area contributed by atoms with Crippen LogP contribution in [0, 0.1) is 6.92 Å². The van der Waals surface area contributed by atoms with Crippen molar-refractivity contribution in [3.63, 3.8) is 0 Å². The Labute approximate surface area is 133 Å². The normalized spacial score (nSPS) is 15.9. The second-order valence-electron chi connectivity index (χ2n) is 6.00. The molecule has 0 radical (unpaired) electrons. The van der Waals surface area contributed by atoms with Crippen LogP contribution in [0.1, 0.15) is 44.9 Å². The molecule has 0 saturated heterocycles. The van der Waals surface area contributed by atoms with E-state index in [1.54, 1.807) is 33.8 Å². The molecule has 2 atom stereocenters. The van der Waals surface area contributed by atoms with Gasteiger partial charge in [-0.3, -0.25) is 0 Å². The first-order chi connectivity index (χ1) is 9.89. The fourth-order valence-electron chi connectivity index (χ4n) is 1.91. The number of hydrogen-bond acceptors (Lipinski definition) is 4. The molecule has 0 saturated carbocycles. The minimum absolute atomic E-state index is 0.244. The monoisotopic (exact) mass is 353 g/mol. The van der Waals surface area contributed by atoms with Crippen molar-refractivity contribution in [1.29, 1.82) is 0 Å². The highest BCUT2D eigenvalue weighted by Gasteiger charge is 2.32. The molecule has 1 N–H and O–H groups in total. The van der Waals surface area contributed by atoms with E-state index in [9.17, 15) is 21.8 Å². The molecule has 1 aromatic rings. The minimum Gasteiger partial charge on any atom is -0.598 e. The van der Waals surface area contributed by atoms with E-state index in [-0.39, 0.29) is 5.56 Å². The number of sulfone groups is 1. The Kier molecular flexibility index (Phi) is 6.00. The van der Waals surface area contributed by atoms with Crippen LogP contribution in [-0.4, -0.2) is 23.5 Å². The molecule has 0 amide bonds. The molecular formula is C14H21F2NO3S2. The van der Waals surface area contributed by atoms with E-state index in [4.69, 9.17) is 0 Å². The summed E-state index contributed by atoms with van der Waals surface area (Å²) in [6.07, 6.45) is 0. The van der Waals surface area contributed by atoms with E-state index < -0.39 is 42.6 Å². The second-order valence-corrected chi connectivity index (χ2v) is 9.88. The molecule has 4 nitrogen and oxygen atoms in total. The molecule has 0 bridgehead atoms. The Morgan fingerprint density at radius 2 is 1.82 bits per heavy atom. The Morgan fingerprint density at radius 3 is 2.27 bits per heavy atom. The number of halogens is 2. The first-order valence-electron chi connectivity index (χ1n) is 6.68. The van der Waals surface area contributed by atoms with Gasteiger partial charge in [-0.15, -0.1) is 4.72 Å². The van der Waals surface area contributed by atoms with Crippen LogP contribution in [0.2, 0.25) is 0 Å². The van der Waals surface area contributed by atoms with Gasteiger partial charge in [0.25, 0.3) is 0 Å². The molecule has 0 fully saturated rings. The maximum Gasteiger partial charge on any atom is 0.341 e. The van der Waals surface area contributed by atoms with E-state index >= 15 is 0 Å². The number of alkyl halides is 2. The van der Waals surface area contributed by atoms with Crippen molar-refractivity contribution in [3.8, 4) is 0 Å². The van der Waals surface area contributed by atoms with Crippen molar-refractivity contribution in [3.05, 3.63) is 29.3 Å². The van der Waals surface area contributed by atoms with Gasteiger partial charge < -0.3 is 4.55 Å². The zero-order valence-electron chi connectivity index (χ0n) is 13.2. The molecule has 1 aromatic carbocycles. The van der Waals surface area contributed by atoms with Gasteiger partial charge >= 0.3 is 5.76 Å². The van der Waals surface area contributed by atoms with Crippen molar-refractivity contribution in [1.82, 2.24) is 4.72 Å². The van der Waals surface area contributed by atoms with Gasteiger partial charge in [0.2, 0.25) is 9.84 Å². The number of rotatable bonds is 5. The summed E-state index contributed by atoms with van der Waals surface area (Å²) in [6, 6.07) is 3.77. The predicted molar refractivity (Wildman–Crippen MR) is 83.8 cm³/mol. The largest absolute Gasteiger partial charge is 0.598 e. The summed E-state index contributed by atoms with van der Waals surface area (Å²) in [5.41, 5.74) is 0.771. The fraction of sp³-hybridized carbons (Fsp3) is 0.571. The van der Waals surface area contributed by atoms with Crippen molar-refractivity contribution in [2.45, 2.75) is 56.1 Å². The number of benzene rings is 1. The maximum atomic E-state index is 12.7. The van der Waals surface area contributed by atoms with E-state index in [2.05, 4.69) is 4.72 Å². The van der Waals surface area contributed by atoms with Crippen LogP contribution in [0.4, 0.5) is 8.78 Å². The maximum absolute atomic E-state index is 12.7. The molecule has 0 aromatic heterocycles. The molecule has 0 aliphatic heterocycles. The summed E-state index contributed by atoms with van der Waals surface area (Å²) >= 11 is -1.36. The average Bonchev–Trinajstić information content (AvgIpc) is 2.37. The van der Waals surface area contributed by atoms with Crippen molar-refractivity contribution in [2.24, 2.45) is 0 Å². The van der Waals surface area contributed by atoms with Crippen LogP contribution in [-0.2, 0) is 21.2 Å². The summed E-state index contributed by atoms with van der Waals surface area (Å²) in [4.78, 5) is -0.393. The van der Waals surface area contributed by atoms with Gasteiger partial charge in [-0.2, -0.15) is 8.78 Å². The lowest BCUT2D eigenvalue weighted by Gasteiger charge is -2.27. The quantitative estimate of drug-likeness (QED) is 0.826. The third-order valence-corrected chi connectivity index (χ3v) is 6.38. The lowest BCUT2D eigenvalue weighted by Crippen LogP contribution is -2.40. The first-order valence-corrected chi connectivity index (χ1v) is 9.38. The fourth-order valence-corrected chi connectivity index (χ4v) is 3.71. The Morgan fingerprint density at radius 1 is 1.27 bits per heavy atom. The lowest BCUT2D eigenvalue weighted by atomic mass is 10.0. The Balaban J connectivity index is 3.18. The van der Waals surface area contributed by atoms with Crippen LogP contribution >= 0.6 is 0 Å². The summed E-state index contributed by atoms with van der Waals surface area (Å²) < 4.78 is 63.3. The van der Waals surface area contributed by atoms with Crippen LogP contribution in [0.5, 0.6) is 0 Å².